The minimum Gasteiger partial charge on any atom is -0.491 e. The Morgan fingerprint density at radius 3 is 2.40 bits per heavy atom. The molecule has 0 fully saturated rings. The summed E-state index contributed by atoms with van der Waals surface area (Å²) in [5.41, 5.74) is 0.714. The van der Waals surface area contributed by atoms with Crippen molar-refractivity contribution in [1.82, 2.24) is 4.98 Å². The first-order chi connectivity index (χ1) is 14.0. The van der Waals surface area contributed by atoms with Crippen molar-refractivity contribution in [3.05, 3.63) is 64.9 Å². The number of benzene rings is 2. The molecule has 0 saturated heterocycles. The van der Waals surface area contributed by atoms with Crippen molar-refractivity contribution < 1.29 is 31.8 Å². The highest BCUT2D eigenvalue weighted by Gasteiger charge is 2.45. The number of hydrogen-bond acceptors (Lipinski definition) is 4. The quantitative estimate of drug-likeness (QED) is 0.550. The number of nitrogens with zero attached hydrogens (tertiary/aromatic N) is 1. The first-order valence-corrected chi connectivity index (χ1v) is 8.94. The molecule has 2 N–H and O–H groups in total. The highest BCUT2D eigenvalue weighted by Crippen LogP contribution is 2.39. The van der Waals surface area contributed by atoms with Gasteiger partial charge in [0.15, 0.2) is 23.5 Å². The fourth-order valence-corrected chi connectivity index (χ4v) is 3.24. The van der Waals surface area contributed by atoms with Gasteiger partial charge in [-0.1, -0.05) is 6.07 Å². The molecule has 4 nitrogen and oxygen atoms in total. The van der Waals surface area contributed by atoms with E-state index in [1.54, 1.807) is 31.2 Å². The van der Waals surface area contributed by atoms with Crippen molar-refractivity contribution in [3.63, 3.8) is 0 Å². The van der Waals surface area contributed by atoms with Crippen LogP contribution >= 0.6 is 0 Å². The lowest BCUT2D eigenvalue weighted by atomic mass is 9.96. The lowest BCUT2D eigenvalue weighted by molar-refractivity contribution is -0.208. The maximum Gasteiger partial charge on any atom is 0.416 e. The molecule has 0 spiro atoms. The molecular weight excluding hydrogens is 407 g/mol. The van der Waals surface area contributed by atoms with Crippen LogP contribution in [0.2, 0.25) is 0 Å². The molecule has 3 rings (SSSR count). The zero-order valence-corrected chi connectivity index (χ0v) is 16.3. The van der Waals surface area contributed by atoms with Gasteiger partial charge in [-0.05, 0) is 49.7 Å². The van der Waals surface area contributed by atoms with Crippen LogP contribution in [-0.2, 0) is 0 Å². The van der Waals surface area contributed by atoms with Crippen LogP contribution in [0.15, 0.2) is 36.4 Å². The van der Waals surface area contributed by atoms with Crippen LogP contribution in [0.5, 0.6) is 5.75 Å². The number of anilines is 1. The Hall–Kier alpha value is -2.94. The molecule has 0 saturated carbocycles. The van der Waals surface area contributed by atoms with E-state index in [4.69, 9.17) is 4.74 Å². The summed E-state index contributed by atoms with van der Waals surface area (Å²) in [5.74, 6) is -3.17. The molecule has 1 aromatic heterocycles. The van der Waals surface area contributed by atoms with E-state index < -0.39 is 41.3 Å². The van der Waals surface area contributed by atoms with Crippen LogP contribution in [0.25, 0.3) is 10.9 Å². The largest absolute Gasteiger partial charge is 0.491 e. The third-order valence-electron chi connectivity index (χ3n) is 4.74. The molecule has 0 radical (unpaired) electrons. The summed E-state index contributed by atoms with van der Waals surface area (Å²) in [4.78, 5) is 4.31. The van der Waals surface area contributed by atoms with E-state index in [0.29, 0.717) is 16.6 Å². The Morgan fingerprint density at radius 1 is 1.07 bits per heavy atom. The molecule has 0 aliphatic heterocycles. The number of aromatic nitrogens is 1. The molecule has 9 heteroatoms. The van der Waals surface area contributed by atoms with Gasteiger partial charge < -0.3 is 15.2 Å². The molecule has 0 amide bonds. The first-order valence-electron chi connectivity index (χ1n) is 8.94. The molecule has 2 atom stereocenters. The summed E-state index contributed by atoms with van der Waals surface area (Å²) in [5, 5.41) is 13.1. The minimum atomic E-state index is -5.07. The SMILES string of the molecule is COc1c(F)c(C)cc(C(Nc2cccc3nc(C)ccc23)C(O)C(F)(F)F)c1F. The number of rotatable bonds is 5. The molecule has 30 heavy (non-hydrogen) atoms. The van der Waals surface area contributed by atoms with E-state index >= 15 is 0 Å². The van der Waals surface area contributed by atoms with Gasteiger partial charge in [0.25, 0.3) is 0 Å². The number of nitrogens with one attached hydrogen (secondary N) is 1. The van der Waals surface area contributed by atoms with Crippen molar-refractivity contribution >= 4 is 16.6 Å². The van der Waals surface area contributed by atoms with Crippen LogP contribution in [0.3, 0.4) is 0 Å². The third-order valence-corrected chi connectivity index (χ3v) is 4.74. The monoisotopic (exact) mass is 426 g/mol. The van der Waals surface area contributed by atoms with Gasteiger partial charge in [-0.3, -0.25) is 4.98 Å². The molecule has 0 aliphatic rings. The van der Waals surface area contributed by atoms with E-state index in [1.807, 2.05) is 0 Å². The number of alkyl halides is 3. The number of methoxy groups -OCH3 is 1. The van der Waals surface area contributed by atoms with E-state index in [2.05, 4.69) is 10.3 Å². The fraction of sp³-hybridized carbons (Fsp3) is 0.286. The molecular formula is C21H19F5N2O2. The lowest BCUT2D eigenvalue weighted by Crippen LogP contribution is -2.39. The fourth-order valence-electron chi connectivity index (χ4n) is 3.24. The van der Waals surface area contributed by atoms with E-state index in [9.17, 15) is 27.1 Å². The van der Waals surface area contributed by atoms with Crippen molar-refractivity contribution in [1.29, 1.82) is 0 Å². The van der Waals surface area contributed by atoms with Crippen molar-refractivity contribution in [2.24, 2.45) is 0 Å². The van der Waals surface area contributed by atoms with Gasteiger partial charge in [-0.25, -0.2) is 8.78 Å². The summed E-state index contributed by atoms with van der Waals surface area (Å²) in [6.07, 6.45) is -8.05. The topological polar surface area (TPSA) is 54.4 Å². The average Bonchev–Trinajstić information content (AvgIpc) is 2.68. The summed E-state index contributed by atoms with van der Waals surface area (Å²) in [6, 6.07) is 7.02. The van der Waals surface area contributed by atoms with E-state index in [-0.39, 0.29) is 11.3 Å². The standard InChI is InChI=1S/C21H19F5N2O2/c1-10-9-13(17(23)19(30-3)16(10)22)18(20(29)21(24,25)26)28-15-6-4-5-14-12(15)8-7-11(2)27-14/h4-9,18,20,28-29H,1-3H3. The molecule has 3 aromatic rings. The predicted molar refractivity (Wildman–Crippen MR) is 103 cm³/mol. The second-order valence-electron chi connectivity index (χ2n) is 6.88. The number of ether oxygens (including phenoxy) is 1. The second kappa shape index (κ2) is 8.06. The summed E-state index contributed by atoms with van der Waals surface area (Å²) < 4.78 is 74.0. The maximum absolute atomic E-state index is 14.9. The van der Waals surface area contributed by atoms with Gasteiger partial charge in [0, 0.05) is 22.3 Å². The van der Waals surface area contributed by atoms with E-state index in [1.165, 1.54) is 13.0 Å². The average molecular weight is 426 g/mol. The number of fused-ring (bicyclic) bond motifs is 1. The number of halogens is 5. The van der Waals surface area contributed by atoms with Crippen molar-refractivity contribution in [2.75, 3.05) is 12.4 Å². The van der Waals surface area contributed by atoms with Crippen LogP contribution < -0.4 is 10.1 Å². The highest BCUT2D eigenvalue weighted by atomic mass is 19.4. The Morgan fingerprint density at radius 2 is 1.77 bits per heavy atom. The Bertz CT molecular complexity index is 1090. The van der Waals surface area contributed by atoms with Gasteiger partial charge in [0.05, 0.1) is 18.7 Å². The zero-order chi connectivity index (χ0) is 22.2. The summed E-state index contributed by atoms with van der Waals surface area (Å²) in [6.45, 7) is 3.03. The maximum atomic E-state index is 14.9. The second-order valence-corrected chi connectivity index (χ2v) is 6.88. The summed E-state index contributed by atoms with van der Waals surface area (Å²) >= 11 is 0. The lowest BCUT2D eigenvalue weighted by Gasteiger charge is -2.28. The van der Waals surface area contributed by atoms with Crippen molar-refractivity contribution in [2.45, 2.75) is 32.2 Å². The highest BCUT2D eigenvalue weighted by molar-refractivity contribution is 5.91. The normalized spacial score (nSPS) is 13.9. The number of aliphatic hydroxyl groups is 1. The molecule has 0 bridgehead atoms. The Kier molecular flexibility index (Phi) is 5.85. The first kappa shape index (κ1) is 21.8. The van der Waals surface area contributed by atoms with E-state index in [0.717, 1.165) is 13.2 Å². The van der Waals surface area contributed by atoms with Gasteiger partial charge in [0.1, 0.15) is 0 Å². The number of hydrogen-bond donors (Lipinski definition) is 2. The molecule has 2 aromatic carbocycles. The molecule has 2 unspecified atom stereocenters. The Labute approximate surface area is 169 Å². The van der Waals surface area contributed by atoms with Crippen molar-refractivity contribution in [3.8, 4) is 5.75 Å². The minimum absolute atomic E-state index is 0.125. The number of aliphatic hydroxyl groups excluding tert-OH is 1. The molecule has 0 aliphatic carbocycles. The van der Waals surface area contributed by atoms with Gasteiger partial charge in [-0.15, -0.1) is 0 Å². The predicted octanol–water partition coefficient (Wildman–Crippen LogP) is 5.21. The Balaban J connectivity index is 2.18. The molecule has 1 heterocycles. The van der Waals surface area contributed by atoms with Crippen LogP contribution in [-0.4, -0.2) is 29.5 Å². The van der Waals surface area contributed by atoms with Gasteiger partial charge in [0.2, 0.25) is 0 Å². The van der Waals surface area contributed by atoms with Crippen LogP contribution in [0.4, 0.5) is 27.6 Å². The number of pyridine rings is 1. The van der Waals surface area contributed by atoms with Crippen LogP contribution in [0, 0.1) is 25.5 Å². The number of aryl methyl sites for hydroxylation is 2. The third kappa shape index (κ3) is 4.02. The van der Waals surface area contributed by atoms with Crippen LogP contribution in [0.1, 0.15) is 22.9 Å². The zero-order valence-electron chi connectivity index (χ0n) is 16.3. The molecule has 160 valence electrons. The smallest absolute Gasteiger partial charge is 0.416 e. The van der Waals surface area contributed by atoms with Gasteiger partial charge >= 0.3 is 6.18 Å². The van der Waals surface area contributed by atoms with Gasteiger partial charge in [-0.2, -0.15) is 13.2 Å². The summed E-state index contributed by atoms with van der Waals surface area (Å²) in [7, 11) is 1.01.